The third-order valence-corrected chi connectivity index (χ3v) is 3.30. The third kappa shape index (κ3) is 2.53. The van der Waals surface area contributed by atoms with Gasteiger partial charge < -0.3 is 4.90 Å². The van der Waals surface area contributed by atoms with Gasteiger partial charge in [0.1, 0.15) is 5.69 Å². The van der Waals surface area contributed by atoms with Gasteiger partial charge in [0.2, 0.25) is 0 Å². The lowest BCUT2D eigenvalue weighted by atomic mass is 9.84. The molecule has 1 aliphatic carbocycles. The first-order valence-electron chi connectivity index (χ1n) is 5.47. The molecule has 86 valence electrons. The van der Waals surface area contributed by atoms with E-state index in [2.05, 4.69) is 4.98 Å². The highest BCUT2D eigenvalue weighted by Crippen LogP contribution is 2.32. The number of pyridine rings is 1. The standard InChI is InChI=1S/C12H15ClN2O/c1-15(8-9-6-10(13)7-9)12(16)11-4-2-3-5-14-11/h2-5,9-10H,6-8H2,1H3. The topological polar surface area (TPSA) is 33.2 Å². The lowest BCUT2D eigenvalue weighted by Crippen LogP contribution is -2.38. The van der Waals surface area contributed by atoms with Crippen LogP contribution < -0.4 is 0 Å². The Morgan fingerprint density at radius 3 is 2.88 bits per heavy atom. The van der Waals surface area contributed by atoms with E-state index in [0.29, 0.717) is 17.0 Å². The molecule has 2 rings (SSSR count). The van der Waals surface area contributed by atoms with E-state index in [1.54, 1.807) is 23.2 Å². The number of nitrogens with zero attached hydrogens (tertiary/aromatic N) is 2. The van der Waals surface area contributed by atoms with E-state index in [-0.39, 0.29) is 5.91 Å². The zero-order chi connectivity index (χ0) is 11.5. The quantitative estimate of drug-likeness (QED) is 0.757. The molecule has 0 aromatic carbocycles. The fourth-order valence-corrected chi connectivity index (χ4v) is 2.46. The van der Waals surface area contributed by atoms with Crippen molar-refractivity contribution < 1.29 is 4.79 Å². The number of hydrogen-bond donors (Lipinski definition) is 0. The molecule has 16 heavy (non-hydrogen) atoms. The molecule has 1 fully saturated rings. The molecule has 1 aliphatic rings. The number of aromatic nitrogens is 1. The van der Waals surface area contributed by atoms with Gasteiger partial charge in [0, 0.05) is 25.2 Å². The van der Waals surface area contributed by atoms with Crippen molar-refractivity contribution in [3.63, 3.8) is 0 Å². The van der Waals surface area contributed by atoms with Gasteiger partial charge in [-0.3, -0.25) is 9.78 Å². The van der Waals surface area contributed by atoms with Crippen LogP contribution >= 0.6 is 11.6 Å². The van der Waals surface area contributed by atoms with Crippen LogP contribution in [-0.2, 0) is 0 Å². The molecule has 1 heterocycles. The van der Waals surface area contributed by atoms with Gasteiger partial charge in [-0.05, 0) is 30.9 Å². The molecule has 0 N–H and O–H groups in total. The van der Waals surface area contributed by atoms with Crippen molar-refractivity contribution >= 4 is 17.5 Å². The number of halogens is 1. The average molecular weight is 239 g/mol. The van der Waals surface area contributed by atoms with Gasteiger partial charge in [-0.25, -0.2) is 0 Å². The molecule has 0 atom stereocenters. The first-order chi connectivity index (χ1) is 7.66. The maximum Gasteiger partial charge on any atom is 0.272 e. The number of rotatable bonds is 3. The average Bonchev–Trinajstić information content (AvgIpc) is 2.27. The molecule has 0 saturated heterocycles. The Bertz CT molecular complexity index is 363. The monoisotopic (exact) mass is 238 g/mol. The van der Waals surface area contributed by atoms with Crippen LogP contribution in [0.2, 0.25) is 0 Å². The molecule has 3 nitrogen and oxygen atoms in total. The van der Waals surface area contributed by atoms with Gasteiger partial charge in [-0.1, -0.05) is 6.07 Å². The minimum atomic E-state index is -0.0152. The maximum absolute atomic E-state index is 11.9. The van der Waals surface area contributed by atoms with Gasteiger partial charge in [0.15, 0.2) is 0 Å². The van der Waals surface area contributed by atoms with Crippen molar-refractivity contribution in [1.82, 2.24) is 9.88 Å². The van der Waals surface area contributed by atoms with Crippen molar-refractivity contribution in [2.24, 2.45) is 5.92 Å². The molecule has 1 amide bonds. The minimum Gasteiger partial charge on any atom is -0.340 e. The first kappa shape index (κ1) is 11.4. The van der Waals surface area contributed by atoms with Gasteiger partial charge >= 0.3 is 0 Å². The highest BCUT2D eigenvalue weighted by Gasteiger charge is 2.29. The Morgan fingerprint density at radius 2 is 2.31 bits per heavy atom. The smallest absolute Gasteiger partial charge is 0.272 e. The number of carbonyl (C=O) groups is 1. The second kappa shape index (κ2) is 4.83. The fraction of sp³-hybridized carbons (Fsp3) is 0.500. The van der Waals surface area contributed by atoms with Crippen LogP contribution in [0.4, 0.5) is 0 Å². The van der Waals surface area contributed by atoms with E-state index >= 15 is 0 Å². The van der Waals surface area contributed by atoms with Crippen molar-refractivity contribution in [1.29, 1.82) is 0 Å². The van der Waals surface area contributed by atoms with Crippen LogP contribution in [0, 0.1) is 5.92 Å². The van der Waals surface area contributed by atoms with Gasteiger partial charge in [-0.15, -0.1) is 11.6 Å². The van der Waals surface area contributed by atoms with Crippen LogP contribution in [0.15, 0.2) is 24.4 Å². The molecular formula is C12H15ClN2O. The van der Waals surface area contributed by atoms with E-state index < -0.39 is 0 Å². The Hall–Kier alpha value is -1.09. The minimum absolute atomic E-state index is 0.0152. The molecular weight excluding hydrogens is 224 g/mol. The Balaban J connectivity index is 1.90. The summed E-state index contributed by atoms with van der Waals surface area (Å²) in [5.74, 6) is 0.541. The van der Waals surface area contributed by atoms with E-state index in [4.69, 9.17) is 11.6 Å². The summed E-state index contributed by atoms with van der Waals surface area (Å²) in [4.78, 5) is 17.7. The Kier molecular flexibility index (Phi) is 3.44. The van der Waals surface area contributed by atoms with E-state index in [0.717, 1.165) is 19.4 Å². The second-order valence-electron chi connectivity index (χ2n) is 4.34. The summed E-state index contributed by atoms with van der Waals surface area (Å²) in [6, 6.07) is 5.37. The number of hydrogen-bond acceptors (Lipinski definition) is 2. The molecule has 0 unspecified atom stereocenters. The summed E-state index contributed by atoms with van der Waals surface area (Å²) in [6.07, 6.45) is 3.67. The Morgan fingerprint density at radius 1 is 1.56 bits per heavy atom. The van der Waals surface area contributed by atoms with Crippen LogP contribution in [0.1, 0.15) is 23.3 Å². The summed E-state index contributed by atoms with van der Waals surface area (Å²) < 4.78 is 0. The summed E-state index contributed by atoms with van der Waals surface area (Å²) in [7, 11) is 1.82. The highest BCUT2D eigenvalue weighted by atomic mass is 35.5. The molecule has 1 aromatic heterocycles. The van der Waals surface area contributed by atoms with Crippen molar-refractivity contribution in [3.05, 3.63) is 30.1 Å². The van der Waals surface area contributed by atoms with Crippen LogP contribution in [0.3, 0.4) is 0 Å². The lowest BCUT2D eigenvalue weighted by molar-refractivity contribution is 0.0741. The molecule has 1 aromatic rings. The molecule has 0 spiro atoms. The summed E-state index contributed by atoms with van der Waals surface area (Å²) in [6.45, 7) is 0.776. The van der Waals surface area contributed by atoms with Crippen molar-refractivity contribution in [2.75, 3.05) is 13.6 Å². The number of carbonyl (C=O) groups excluding carboxylic acids is 1. The zero-order valence-electron chi connectivity index (χ0n) is 9.27. The zero-order valence-corrected chi connectivity index (χ0v) is 10.0. The maximum atomic E-state index is 11.9. The third-order valence-electron chi connectivity index (χ3n) is 2.94. The molecule has 0 bridgehead atoms. The van der Waals surface area contributed by atoms with Crippen LogP contribution in [-0.4, -0.2) is 34.8 Å². The Labute approximate surface area is 100 Å². The van der Waals surface area contributed by atoms with Crippen molar-refractivity contribution in [3.8, 4) is 0 Å². The van der Waals surface area contributed by atoms with Crippen LogP contribution in [0.5, 0.6) is 0 Å². The highest BCUT2D eigenvalue weighted by molar-refractivity contribution is 6.21. The van der Waals surface area contributed by atoms with E-state index in [9.17, 15) is 4.79 Å². The number of amides is 1. The SMILES string of the molecule is CN(CC1CC(Cl)C1)C(=O)c1ccccn1. The predicted octanol–water partition coefficient (Wildman–Crippen LogP) is 2.17. The van der Waals surface area contributed by atoms with Gasteiger partial charge in [0.05, 0.1) is 0 Å². The lowest BCUT2D eigenvalue weighted by Gasteiger charge is -2.33. The number of alkyl halides is 1. The van der Waals surface area contributed by atoms with Crippen LogP contribution in [0.25, 0.3) is 0 Å². The molecule has 4 heteroatoms. The fourth-order valence-electron chi connectivity index (χ4n) is 1.96. The molecule has 0 radical (unpaired) electrons. The predicted molar refractivity (Wildman–Crippen MR) is 63.6 cm³/mol. The van der Waals surface area contributed by atoms with Crippen molar-refractivity contribution in [2.45, 2.75) is 18.2 Å². The second-order valence-corrected chi connectivity index (χ2v) is 4.95. The largest absolute Gasteiger partial charge is 0.340 e. The van der Waals surface area contributed by atoms with Gasteiger partial charge in [0.25, 0.3) is 5.91 Å². The van der Waals surface area contributed by atoms with E-state index in [1.807, 2.05) is 13.1 Å². The normalized spacial score (nSPS) is 23.6. The molecule has 1 saturated carbocycles. The van der Waals surface area contributed by atoms with E-state index in [1.165, 1.54) is 0 Å². The summed E-state index contributed by atoms with van der Waals surface area (Å²) in [5.41, 5.74) is 0.506. The van der Waals surface area contributed by atoms with Gasteiger partial charge in [-0.2, -0.15) is 0 Å². The molecule has 0 aliphatic heterocycles. The summed E-state index contributed by atoms with van der Waals surface area (Å²) >= 11 is 5.91. The summed E-state index contributed by atoms with van der Waals surface area (Å²) in [5, 5.41) is 0.309. The first-order valence-corrected chi connectivity index (χ1v) is 5.91.